The number of rotatable bonds is 6. The normalized spacial score (nSPS) is 11.5. The van der Waals surface area contributed by atoms with Crippen molar-refractivity contribution in [1.29, 1.82) is 5.26 Å². The van der Waals surface area contributed by atoms with Crippen molar-refractivity contribution in [2.45, 2.75) is 31.0 Å². The van der Waals surface area contributed by atoms with E-state index in [4.69, 9.17) is 16.6 Å². The van der Waals surface area contributed by atoms with Crippen molar-refractivity contribution in [2.24, 2.45) is 0 Å². The van der Waals surface area contributed by atoms with E-state index in [1.165, 1.54) is 11.8 Å². The van der Waals surface area contributed by atoms with Crippen molar-refractivity contribution in [3.05, 3.63) is 101 Å². The second-order valence-electron chi connectivity index (χ2n) is 8.31. The first-order valence-corrected chi connectivity index (χ1v) is 12.4. The van der Waals surface area contributed by atoms with Crippen LogP contribution < -0.4 is 5.32 Å². The van der Waals surface area contributed by atoms with Crippen molar-refractivity contribution in [2.75, 3.05) is 5.32 Å². The van der Waals surface area contributed by atoms with Crippen LogP contribution in [0.15, 0.2) is 83.9 Å². The maximum Gasteiger partial charge on any atom is 0.237 e. The van der Waals surface area contributed by atoms with Crippen molar-refractivity contribution >= 4 is 35.0 Å². The fourth-order valence-corrected chi connectivity index (χ4v) is 4.74. The van der Waals surface area contributed by atoms with Crippen LogP contribution in [0.5, 0.6) is 0 Å². The van der Waals surface area contributed by atoms with Crippen LogP contribution in [0.1, 0.15) is 23.6 Å². The van der Waals surface area contributed by atoms with E-state index in [0.29, 0.717) is 26.9 Å². The van der Waals surface area contributed by atoms with Crippen LogP contribution >= 0.6 is 23.4 Å². The van der Waals surface area contributed by atoms with E-state index in [0.717, 1.165) is 27.9 Å². The minimum Gasteiger partial charge on any atom is -0.325 e. The van der Waals surface area contributed by atoms with Crippen molar-refractivity contribution in [3.8, 4) is 28.5 Å². The minimum atomic E-state index is -0.483. The largest absolute Gasteiger partial charge is 0.325 e. The van der Waals surface area contributed by atoms with Crippen LogP contribution in [0.25, 0.3) is 22.4 Å². The molecule has 0 unspecified atom stereocenters. The number of halogens is 1. The number of nitrogens with zero attached hydrogens (tertiary/aromatic N) is 2. The highest BCUT2D eigenvalue weighted by atomic mass is 35.5. The Hall–Kier alpha value is -3.59. The van der Waals surface area contributed by atoms with Crippen LogP contribution in [0.4, 0.5) is 5.69 Å². The molecule has 1 aromatic heterocycles. The lowest BCUT2D eigenvalue weighted by Gasteiger charge is -2.16. The maximum absolute atomic E-state index is 12.9. The fraction of sp³-hybridized carbons (Fsp3) is 0.138. The van der Waals surface area contributed by atoms with Gasteiger partial charge in [0.25, 0.3) is 0 Å². The van der Waals surface area contributed by atoms with Gasteiger partial charge in [-0.25, -0.2) is 4.98 Å². The van der Waals surface area contributed by atoms with E-state index in [9.17, 15) is 10.1 Å². The van der Waals surface area contributed by atoms with Crippen LogP contribution in [0.2, 0.25) is 5.02 Å². The number of thioether (sulfide) groups is 1. The number of carbonyl (C=O) groups excluding carboxylic acids is 1. The van der Waals surface area contributed by atoms with Gasteiger partial charge >= 0.3 is 0 Å². The van der Waals surface area contributed by atoms with Gasteiger partial charge in [-0.15, -0.1) is 0 Å². The molecular formula is C29H24ClN3OS. The predicted octanol–water partition coefficient (Wildman–Crippen LogP) is 7.68. The van der Waals surface area contributed by atoms with Gasteiger partial charge in [0.2, 0.25) is 5.91 Å². The van der Waals surface area contributed by atoms with Gasteiger partial charge in [0.1, 0.15) is 11.1 Å². The zero-order valence-electron chi connectivity index (χ0n) is 19.7. The molecule has 0 radical (unpaired) electrons. The number of pyridine rings is 1. The number of aromatic nitrogens is 1. The lowest BCUT2D eigenvalue weighted by Crippen LogP contribution is -2.22. The first-order valence-electron chi connectivity index (χ1n) is 11.2. The molecule has 0 saturated carbocycles. The number of hydrogen-bond donors (Lipinski definition) is 1. The summed E-state index contributed by atoms with van der Waals surface area (Å²) in [5.41, 5.74) is 6.47. The standard InChI is InChI=1S/C29H24ClN3OS/c1-18-8-12-21(13-9-18)27-16-24(23-6-4-5-7-26(23)30)25(17-31)29(33-27)35-20(3)28(34)32-22-14-10-19(2)11-15-22/h4-16,20H,1-3H3,(H,32,34)/t20-/m1/s1. The number of amides is 1. The molecule has 1 heterocycles. The van der Waals surface area contributed by atoms with Crippen LogP contribution in [-0.2, 0) is 4.79 Å². The molecule has 4 nitrogen and oxygen atoms in total. The number of hydrogen-bond acceptors (Lipinski definition) is 4. The van der Waals surface area contributed by atoms with E-state index < -0.39 is 5.25 Å². The van der Waals surface area contributed by atoms with Gasteiger partial charge in [-0.05, 0) is 45.0 Å². The molecule has 35 heavy (non-hydrogen) atoms. The highest BCUT2D eigenvalue weighted by Gasteiger charge is 2.22. The highest BCUT2D eigenvalue weighted by Crippen LogP contribution is 2.38. The third-order valence-corrected chi connectivity index (χ3v) is 7.00. The molecule has 1 amide bonds. The molecule has 0 saturated heterocycles. The summed E-state index contributed by atoms with van der Waals surface area (Å²) in [5.74, 6) is -0.162. The summed E-state index contributed by atoms with van der Waals surface area (Å²) < 4.78 is 0. The Morgan fingerprint density at radius 1 is 0.971 bits per heavy atom. The number of nitriles is 1. The van der Waals surface area contributed by atoms with Crippen LogP contribution in [-0.4, -0.2) is 16.1 Å². The lowest BCUT2D eigenvalue weighted by atomic mass is 9.99. The van der Waals surface area contributed by atoms with Crippen molar-refractivity contribution < 1.29 is 4.79 Å². The van der Waals surface area contributed by atoms with Gasteiger partial charge < -0.3 is 5.32 Å². The predicted molar refractivity (Wildman–Crippen MR) is 145 cm³/mol. The molecule has 0 aliphatic rings. The zero-order valence-corrected chi connectivity index (χ0v) is 21.2. The molecule has 0 aliphatic carbocycles. The Balaban J connectivity index is 1.75. The molecule has 1 N–H and O–H groups in total. The molecule has 174 valence electrons. The van der Waals surface area contributed by atoms with Gasteiger partial charge in [0.15, 0.2) is 0 Å². The molecule has 0 spiro atoms. The quantitative estimate of drug-likeness (QED) is 0.277. The first-order chi connectivity index (χ1) is 16.9. The summed E-state index contributed by atoms with van der Waals surface area (Å²) in [6.45, 7) is 5.84. The summed E-state index contributed by atoms with van der Waals surface area (Å²) in [4.78, 5) is 17.8. The molecule has 0 fully saturated rings. The van der Waals surface area contributed by atoms with E-state index in [1.54, 1.807) is 6.07 Å². The summed E-state index contributed by atoms with van der Waals surface area (Å²) in [7, 11) is 0. The number of aryl methyl sites for hydroxylation is 2. The molecule has 3 aromatic carbocycles. The van der Waals surface area contributed by atoms with Gasteiger partial charge in [-0.2, -0.15) is 5.26 Å². The van der Waals surface area contributed by atoms with Crippen molar-refractivity contribution in [3.63, 3.8) is 0 Å². The Labute approximate surface area is 215 Å². The SMILES string of the molecule is Cc1ccc(NC(=O)[C@@H](C)Sc2nc(-c3ccc(C)cc3)cc(-c3ccccc3Cl)c2C#N)cc1. The topological polar surface area (TPSA) is 65.8 Å². The molecule has 1 atom stereocenters. The van der Waals surface area contributed by atoms with E-state index in [1.807, 2.05) is 93.6 Å². The molecular weight excluding hydrogens is 474 g/mol. The second-order valence-corrected chi connectivity index (χ2v) is 10.0. The highest BCUT2D eigenvalue weighted by molar-refractivity contribution is 8.00. The molecule has 6 heteroatoms. The van der Waals surface area contributed by atoms with Crippen molar-refractivity contribution in [1.82, 2.24) is 4.98 Å². The van der Waals surface area contributed by atoms with E-state index in [2.05, 4.69) is 11.4 Å². The molecule has 4 rings (SSSR count). The smallest absolute Gasteiger partial charge is 0.237 e. The number of nitrogens with one attached hydrogen (secondary N) is 1. The average molecular weight is 498 g/mol. The first kappa shape index (κ1) is 24.5. The Morgan fingerprint density at radius 2 is 1.60 bits per heavy atom. The van der Waals surface area contributed by atoms with Gasteiger partial charge in [0.05, 0.1) is 16.5 Å². The third kappa shape index (κ3) is 5.74. The zero-order chi connectivity index (χ0) is 24.9. The maximum atomic E-state index is 12.9. The lowest BCUT2D eigenvalue weighted by molar-refractivity contribution is -0.115. The third-order valence-electron chi connectivity index (χ3n) is 5.59. The van der Waals surface area contributed by atoms with Gasteiger partial charge in [-0.3, -0.25) is 4.79 Å². The summed E-state index contributed by atoms with van der Waals surface area (Å²) >= 11 is 7.78. The monoisotopic (exact) mass is 497 g/mol. The van der Waals surface area contributed by atoms with Gasteiger partial charge in [0, 0.05) is 27.4 Å². The van der Waals surface area contributed by atoms with Crippen LogP contribution in [0, 0.1) is 25.2 Å². The van der Waals surface area contributed by atoms with Crippen LogP contribution in [0.3, 0.4) is 0 Å². The molecule has 4 aromatic rings. The van der Waals surface area contributed by atoms with E-state index in [-0.39, 0.29) is 5.91 Å². The Morgan fingerprint density at radius 3 is 2.23 bits per heavy atom. The average Bonchev–Trinajstić information content (AvgIpc) is 2.85. The van der Waals surface area contributed by atoms with E-state index >= 15 is 0 Å². The number of benzene rings is 3. The Kier molecular flexibility index (Phi) is 7.55. The number of carbonyl (C=O) groups is 1. The Bertz CT molecular complexity index is 1410. The molecule has 0 bridgehead atoms. The minimum absolute atomic E-state index is 0.162. The summed E-state index contributed by atoms with van der Waals surface area (Å²) in [5, 5.41) is 13.6. The molecule has 0 aliphatic heterocycles. The number of anilines is 1. The fourth-order valence-electron chi connectivity index (χ4n) is 3.58. The summed E-state index contributed by atoms with van der Waals surface area (Å²) in [6, 6.07) is 27.3. The summed E-state index contributed by atoms with van der Waals surface area (Å²) in [6.07, 6.45) is 0. The second kappa shape index (κ2) is 10.8. The van der Waals surface area contributed by atoms with Gasteiger partial charge in [-0.1, -0.05) is 89.1 Å².